The highest BCUT2D eigenvalue weighted by molar-refractivity contribution is 6.00. The zero-order valence-corrected chi connectivity index (χ0v) is 12.8. The Hall–Kier alpha value is -2.50. The van der Waals surface area contributed by atoms with E-state index in [-0.39, 0.29) is 0 Å². The second-order valence-electron chi connectivity index (χ2n) is 5.12. The second-order valence-corrected chi connectivity index (χ2v) is 5.12. The lowest BCUT2D eigenvalue weighted by molar-refractivity contribution is -0.137. The largest absolute Gasteiger partial charge is 0.416 e. The van der Waals surface area contributed by atoms with Crippen LogP contribution in [-0.2, 0) is 12.6 Å². The second kappa shape index (κ2) is 6.73. The Balaban J connectivity index is 2.09. The van der Waals surface area contributed by atoms with E-state index in [4.69, 9.17) is 0 Å². The Kier molecular flexibility index (Phi) is 4.93. The molecule has 2 rings (SSSR count). The summed E-state index contributed by atoms with van der Waals surface area (Å²) < 4.78 is 37.5. The van der Waals surface area contributed by atoms with Crippen molar-refractivity contribution in [3.8, 4) is 0 Å². The van der Waals surface area contributed by atoms with E-state index >= 15 is 0 Å². The SMILES string of the molecule is CCc1cccc(C)c1NC(=O)Nc1ccc(C(F)(F)F)cc1. The first kappa shape index (κ1) is 16.9. The van der Waals surface area contributed by atoms with Crippen LogP contribution in [0.4, 0.5) is 29.3 Å². The van der Waals surface area contributed by atoms with Crippen LogP contribution in [0.25, 0.3) is 0 Å². The van der Waals surface area contributed by atoms with Gasteiger partial charge in [-0.05, 0) is 48.7 Å². The molecule has 0 radical (unpaired) electrons. The van der Waals surface area contributed by atoms with Crippen molar-refractivity contribution in [1.82, 2.24) is 0 Å². The normalized spacial score (nSPS) is 11.2. The molecule has 0 spiro atoms. The number of aryl methyl sites for hydroxylation is 2. The van der Waals surface area contributed by atoms with E-state index in [0.29, 0.717) is 5.69 Å². The van der Waals surface area contributed by atoms with Gasteiger partial charge in [-0.25, -0.2) is 4.79 Å². The van der Waals surface area contributed by atoms with Gasteiger partial charge in [0, 0.05) is 11.4 Å². The van der Waals surface area contributed by atoms with Crippen LogP contribution in [0.5, 0.6) is 0 Å². The number of nitrogens with one attached hydrogen (secondary N) is 2. The van der Waals surface area contributed by atoms with Crippen LogP contribution in [0.3, 0.4) is 0 Å². The third-order valence-corrected chi connectivity index (χ3v) is 3.45. The number of carbonyl (C=O) groups is 1. The molecular formula is C17H17F3N2O. The molecule has 0 saturated carbocycles. The lowest BCUT2D eigenvalue weighted by Crippen LogP contribution is -2.21. The summed E-state index contributed by atoms with van der Waals surface area (Å²) >= 11 is 0. The van der Waals surface area contributed by atoms with Crippen molar-refractivity contribution in [1.29, 1.82) is 0 Å². The van der Waals surface area contributed by atoms with Crippen LogP contribution in [0, 0.1) is 6.92 Å². The summed E-state index contributed by atoms with van der Waals surface area (Å²) in [6.45, 7) is 3.86. The summed E-state index contributed by atoms with van der Waals surface area (Å²) in [6, 6.07) is 9.53. The maximum atomic E-state index is 12.5. The Bertz CT molecular complexity index is 694. The van der Waals surface area contributed by atoms with E-state index < -0.39 is 17.8 Å². The minimum Gasteiger partial charge on any atom is -0.308 e. The topological polar surface area (TPSA) is 41.1 Å². The molecule has 0 unspecified atom stereocenters. The van der Waals surface area contributed by atoms with Gasteiger partial charge in [0.05, 0.1) is 5.56 Å². The van der Waals surface area contributed by atoms with Gasteiger partial charge in [0.1, 0.15) is 0 Å². The van der Waals surface area contributed by atoms with E-state index in [1.54, 1.807) is 0 Å². The van der Waals surface area contributed by atoms with Crippen LogP contribution in [-0.4, -0.2) is 6.03 Å². The molecule has 0 saturated heterocycles. The number of rotatable bonds is 3. The van der Waals surface area contributed by atoms with Crippen LogP contribution < -0.4 is 10.6 Å². The van der Waals surface area contributed by atoms with Crippen molar-refractivity contribution < 1.29 is 18.0 Å². The van der Waals surface area contributed by atoms with Crippen molar-refractivity contribution >= 4 is 17.4 Å². The van der Waals surface area contributed by atoms with Gasteiger partial charge in [-0.3, -0.25) is 0 Å². The standard InChI is InChI=1S/C17H17F3N2O/c1-3-12-6-4-5-11(2)15(12)22-16(23)21-14-9-7-13(8-10-14)17(18,19)20/h4-10H,3H2,1-2H3,(H2,21,22,23). The Morgan fingerprint density at radius 3 is 2.26 bits per heavy atom. The highest BCUT2D eigenvalue weighted by atomic mass is 19.4. The molecule has 0 aliphatic carbocycles. The van der Waals surface area contributed by atoms with Gasteiger partial charge in [-0.1, -0.05) is 25.1 Å². The zero-order valence-electron chi connectivity index (χ0n) is 12.8. The highest BCUT2D eigenvalue weighted by Gasteiger charge is 2.29. The molecule has 2 aromatic rings. The number of halogens is 3. The number of carbonyl (C=O) groups excluding carboxylic acids is 1. The highest BCUT2D eigenvalue weighted by Crippen LogP contribution is 2.30. The lowest BCUT2D eigenvalue weighted by Gasteiger charge is -2.14. The maximum Gasteiger partial charge on any atom is 0.416 e. The molecule has 6 heteroatoms. The summed E-state index contributed by atoms with van der Waals surface area (Å²) in [5, 5.41) is 5.28. The number of urea groups is 1. The number of benzene rings is 2. The number of hydrogen-bond donors (Lipinski definition) is 2. The minimum atomic E-state index is -4.39. The molecule has 0 aromatic heterocycles. The molecule has 122 valence electrons. The summed E-state index contributed by atoms with van der Waals surface area (Å²) in [5.41, 5.74) is 2.18. The number of anilines is 2. The molecule has 0 fully saturated rings. The first-order valence-corrected chi connectivity index (χ1v) is 7.15. The number of hydrogen-bond acceptors (Lipinski definition) is 1. The molecule has 0 bridgehead atoms. The van der Waals surface area contributed by atoms with E-state index in [2.05, 4.69) is 10.6 Å². The Labute approximate surface area is 132 Å². The average Bonchev–Trinajstić information content (AvgIpc) is 2.49. The molecule has 0 aliphatic rings. The van der Waals surface area contributed by atoms with E-state index in [0.717, 1.165) is 35.4 Å². The molecule has 2 amide bonds. The predicted molar refractivity (Wildman–Crippen MR) is 84.6 cm³/mol. The fourth-order valence-corrected chi connectivity index (χ4v) is 2.22. The summed E-state index contributed by atoms with van der Waals surface area (Å²) in [4.78, 5) is 12.0. The van der Waals surface area contributed by atoms with E-state index in [1.165, 1.54) is 12.1 Å². The zero-order chi connectivity index (χ0) is 17.0. The van der Waals surface area contributed by atoms with Gasteiger partial charge in [0.15, 0.2) is 0 Å². The van der Waals surface area contributed by atoms with Gasteiger partial charge in [0.2, 0.25) is 0 Å². The lowest BCUT2D eigenvalue weighted by atomic mass is 10.1. The smallest absolute Gasteiger partial charge is 0.308 e. The van der Waals surface area contributed by atoms with Crippen molar-refractivity contribution in [3.05, 3.63) is 59.2 Å². The molecule has 0 heterocycles. The molecule has 0 atom stereocenters. The quantitative estimate of drug-likeness (QED) is 0.799. The summed E-state index contributed by atoms with van der Waals surface area (Å²) in [5.74, 6) is 0. The third kappa shape index (κ3) is 4.25. The summed E-state index contributed by atoms with van der Waals surface area (Å²) in [6.07, 6.45) is -3.63. The molecular weight excluding hydrogens is 305 g/mol. The van der Waals surface area contributed by atoms with Crippen molar-refractivity contribution in [2.45, 2.75) is 26.4 Å². The van der Waals surface area contributed by atoms with Crippen LogP contribution in [0.15, 0.2) is 42.5 Å². The molecule has 2 N–H and O–H groups in total. The van der Waals surface area contributed by atoms with Crippen molar-refractivity contribution in [3.63, 3.8) is 0 Å². The van der Waals surface area contributed by atoms with Gasteiger partial charge >= 0.3 is 12.2 Å². The number of alkyl halides is 3. The van der Waals surface area contributed by atoms with Gasteiger partial charge in [-0.15, -0.1) is 0 Å². The van der Waals surface area contributed by atoms with Crippen LogP contribution in [0.1, 0.15) is 23.6 Å². The third-order valence-electron chi connectivity index (χ3n) is 3.45. The molecule has 23 heavy (non-hydrogen) atoms. The fourth-order valence-electron chi connectivity index (χ4n) is 2.22. The number of para-hydroxylation sites is 1. The molecule has 2 aromatic carbocycles. The van der Waals surface area contributed by atoms with Crippen molar-refractivity contribution in [2.24, 2.45) is 0 Å². The minimum absolute atomic E-state index is 0.294. The fraction of sp³-hybridized carbons (Fsp3) is 0.235. The summed E-state index contributed by atoms with van der Waals surface area (Å²) in [7, 11) is 0. The van der Waals surface area contributed by atoms with E-state index in [1.807, 2.05) is 32.0 Å². The molecule has 3 nitrogen and oxygen atoms in total. The van der Waals surface area contributed by atoms with Gasteiger partial charge < -0.3 is 10.6 Å². The van der Waals surface area contributed by atoms with E-state index in [9.17, 15) is 18.0 Å². The molecule has 0 aliphatic heterocycles. The number of amides is 2. The Morgan fingerprint density at radius 2 is 1.70 bits per heavy atom. The van der Waals surface area contributed by atoms with Gasteiger partial charge in [0.25, 0.3) is 0 Å². The maximum absolute atomic E-state index is 12.5. The van der Waals surface area contributed by atoms with Gasteiger partial charge in [-0.2, -0.15) is 13.2 Å². The monoisotopic (exact) mass is 322 g/mol. The average molecular weight is 322 g/mol. The van der Waals surface area contributed by atoms with Crippen LogP contribution >= 0.6 is 0 Å². The Morgan fingerprint density at radius 1 is 1.04 bits per heavy atom. The predicted octanol–water partition coefficient (Wildman–Crippen LogP) is 5.22. The first-order valence-electron chi connectivity index (χ1n) is 7.15. The van der Waals surface area contributed by atoms with Crippen molar-refractivity contribution in [2.75, 3.05) is 10.6 Å². The first-order chi connectivity index (χ1) is 10.8. The van der Waals surface area contributed by atoms with Crippen LogP contribution in [0.2, 0.25) is 0 Å².